The lowest BCUT2D eigenvalue weighted by Crippen LogP contribution is -2.27. The molecule has 0 unspecified atom stereocenters. The Hall–Kier alpha value is -3.32. The van der Waals surface area contributed by atoms with Gasteiger partial charge in [-0.1, -0.05) is 0 Å². The summed E-state index contributed by atoms with van der Waals surface area (Å²) >= 11 is 0. The average Bonchev–Trinajstić information content (AvgIpc) is 3.21. The quantitative estimate of drug-likeness (QED) is 0.589. The minimum atomic E-state index is 0.0361. The van der Waals surface area contributed by atoms with Crippen molar-refractivity contribution in [2.24, 2.45) is 5.73 Å². The van der Waals surface area contributed by atoms with Gasteiger partial charge in [0.1, 0.15) is 18.1 Å². The number of carbonyl (C=O) groups excluding carboxylic acids is 1. The number of carbonyl (C=O) groups is 1. The second-order valence-corrected chi connectivity index (χ2v) is 6.88. The maximum atomic E-state index is 12.4. The maximum Gasteiger partial charge on any atom is 0.228 e. The first-order valence-corrected chi connectivity index (χ1v) is 9.96. The van der Waals surface area contributed by atoms with Crippen molar-refractivity contribution in [1.29, 1.82) is 0 Å². The van der Waals surface area contributed by atoms with Crippen LogP contribution in [0.2, 0.25) is 0 Å². The summed E-state index contributed by atoms with van der Waals surface area (Å²) in [7, 11) is 3.43. The first-order valence-electron chi connectivity index (χ1n) is 9.96. The number of methoxy groups -OCH3 is 1. The van der Waals surface area contributed by atoms with Gasteiger partial charge >= 0.3 is 0 Å². The molecule has 1 heterocycles. The number of aromatic nitrogens is 2. The Labute approximate surface area is 177 Å². The number of rotatable bonds is 9. The van der Waals surface area contributed by atoms with Crippen molar-refractivity contribution >= 4 is 5.91 Å². The van der Waals surface area contributed by atoms with E-state index >= 15 is 0 Å². The molecule has 0 saturated carbocycles. The Morgan fingerprint density at radius 2 is 1.77 bits per heavy atom. The third-order valence-corrected chi connectivity index (χ3v) is 4.85. The van der Waals surface area contributed by atoms with Gasteiger partial charge in [0.2, 0.25) is 5.91 Å². The van der Waals surface area contributed by atoms with Crippen molar-refractivity contribution in [2.45, 2.75) is 13.3 Å². The number of nitrogens with zero attached hydrogens (tertiary/aromatic N) is 3. The molecular formula is C23H28N4O3. The Balaban J connectivity index is 1.97. The highest BCUT2D eigenvalue weighted by Gasteiger charge is 2.16. The van der Waals surface area contributed by atoms with Crippen LogP contribution in [0.3, 0.4) is 0 Å². The van der Waals surface area contributed by atoms with Gasteiger partial charge in [-0.15, -0.1) is 0 Å². The van der Waals surface area contributed by atoms with Gasteiger partial charge in [-0.3, -0.25) is 4.79 Å². The summed E-state index contributed by atoms with van der Waals surface area (Å²) in [6.45, 7) is 3.55. The fourth-order valence-corrected chi connectivity index (χ4v) is 3.01. The molecule has 0 fully saturated rings. The number of nitrogens with two attached hydrogens (primary N) is 1. The highest BCUT2D eigenvalue weighted by molar-refractivity contribution is 5.78. The van der Waals surface area contributed by atoms with Gasteiger partial charge in [0, 0.05) is 25.7 Å². The normalized spacial score (nSPS) is 10.7. The van der Waals surface area contributed by atoms with Crippen LogP contribution in [0.4, 0.5) is 0 Å². The fraction of sp³-hybridized carbons (Fsp3) is 0.304. The molecule has 0 atom stereocenters. The molecule has 0 aliphatic heterocycles. The van der Waals surface area contributed by atoms with Gasteiger partial charge in [0.15, 0.2) is 0 Å². The highest BCUT2D eigenvalue weighted by Crippen LogP contribution is 2.27. The number of hydrogen-bond donors (Lipinski definition) is 1. The first kappa shape index (κ1) is 21.4. The number of likely N-dealkylation sites (N-methyl/N-ethyl adjacent to an activating group) is 1. The largest absolute Gasteiger partial charge is 0.497 e. The monoisotopic (exact) mass is 408 g/mol. The van der Waals surface area contributed by atoms with E-state index in [0.29, 0.717) is 19.7 Å². The van der Waals surface area contributed by atoms with Crippen molar-refractivity contribution in [3.63, 3.8) is 0 Å². The van der Waals surface area contributed by atoms with Crippen LogP contribution in [0.15, 0.2) is 54.6 Å². The summed E-state index contributed by atoms with van der Waals surface area (Å²) in [4.78, 5) is 14.1. The van der Waals surface area contributed by atoms with E-state index in [0.717, 1.165) is 34.1 Å². The lowest BCUT2D eigenvalue weighted by Gasteiger charge is -2.13. The zero-order valence-corrected chi connectivity index (χ0v) is 17.7. The molecule has 1 aromatic heterocycles. The maximum absolute atomic E-state index is 12.4. The standard InChI is InChI=1S/C23H28N4O3/c1-4-26(2)23(28)16-18-15-22(17-5-9-21(10-6-17)30-14-13-24)27(25-18)19-7-11-20(29-3)12-8-19/h5-12,15H,4,13-14,16,24H2,1-3H3. The minimum absolute atomic E-state index is 0.0361. The van der Waals surface area contributed by atoms with E-state index < -0.39 is 0 Å². The number of amides is 1. The fourth-order valence-electron chi connectivity index (χ4n) is 3.01. The second kappa shape index (κ2) is 9.93. The van der Waals surface area contributed by atoms with Crippen molar-refractivity contribution in [3.05, 3.63) is 60.3 Å². The van der Waals surface area contributed by atoms with Crippen molar-refractivity contribution in [3.8, 4) is 28.4 Å². The van der Waals surface area contributed by atoms with Gasteiger partial charge in [0.25, 0.3) is 0 Å². The molecule has 1 amide bonds. The van der Waals surface area contributed by atoms with Crippen LogP contribution < -0.4 is 15.2 Å². The summed E-state index contributed by atoms with van der Waals surface area (Å²) in [5.41, 5.74) is 8.97. The zero-order valence-electron chi connectivity index (χ0n) is 17.7. The van der Waals surface area contributed by atoms with Crippen LogP contribution in [-0.4, -0.2) is 54.4 Å². The van der Waals surface area contributed by atoms with Gasteiger partial charge in [-0.2, -0.15) is 5.10 Å². The molecular weight excluding hydrogens is 380 g/mol. The number of benzene rings is 2. The molecule has 7 nitrogen and oxygen atoms in total. The molecule has 2 N–H and O–H groups in total. The Kier molecular flexibility index (Phi) is 7.08. The van der Waals surface area contributed by atoms with E-state index in [4.69, 9.17) is 20.3 Å². The molecule has 158 valence electrons. The second-order valence-electron chi connectivity index (χ2n) is 6.88. The van der Waals surface area contributed by atoms with Crippen molar-refractivity contribution in [1.82, 2.24) is 14.7 Å². The van der Waals surface area contributed by atoms with Gasteiger partial charge in [-0.25, -0.2) is 4.68 Å². The smallest absolute Gasteiger partial charge is 0.228 e. The van der Waals surface area contributed by atoms with Gasteiger partial charge in [0.05, 0.1) is 30.6 Å². The topological polar surface area (TPSA) is 82.6 Å². The van der Waals surface area contributed by atoms with Crippen LogP contribution in [-0.2, 0) is 11.2 Å². The molecule has 0 spiro atoms. The molecule has 30 heavy (non-hydrogen) atoms. The van der Waals surface area contributed by atoms with E-state index in [1.165, 1.54) is 0 Å². The molecule has 0 bridgehead atoms. The van der Waals surface area contributed by atoms with Crippen LogP contribution in [0, 0.1) is 0 Å². The molecule has 7 heteroatoms. The lowest BCUT2D eigenvalue weighted by molar-refractivity contribution is -0.129. The Bertz CT molecular complexity index is 965. The molecule has 3 rings (SSSR count). The van der Waals surface area contributed by atoms with Crippen LogP contribution in [0.5, 0.6) is 11.5 Å². The highest BCUT2D eigenvalue weighted by atomic mass is 16.5. The summed E-state index contributed by atoms with van der Waals surface area (Å²) in [6.07, 6.45) is 0.248. The summed E-state index contributed by atoms with van der Waals surface area (Å²) in [5, 5.41) is 4.72. The first-order chi connectivity index (χ1) is 14.5. The van der Waals surface area contributed by atoms with Crippen molar-refractivity contribution < 1.29 is 14.3 Å². The van der Waals surface area contributed by atoms with E-state index in [1.807, 2.05) is 66.2 Å². The number of ether oxygens (including phenoxy) is 2. The molecule has 3 aromatic rings. The van der Waals surface area contributed by atoms with E-state index in [1.54, 1.807) is 19.1 Å². The molecule has 2 aromatic carbocycles. The Morgan fingerprint density at radius 1 is 1.10 bits per heavy atom. The molecule has 0 saturated heterocycles. The SMILES string of the molecule is CCN(C)C(=O)Cc1cc(-c2ccc(OCCN)cc2)n(-c2ccc(OC)cc2)n1. The molecule has 0 radical (unpaired) electrons. The van der Waals surface area contributed by atoms with Gasteiger partial charge < -0.3 is 20.1 Å². The lowest BCUT2D eigenvalue weighted by atomic mass is 10.1. The summed E-state index contributed by atoms with van der Waals surface area (Å²) in [5.74, 6) is 1.57. The van der Waals surface area contributed by atoms with Crippen LogP contribution >= 0.6 is 0 Å². The van der Waals surface area contributed by atoms with Crippen LogP contribution in [0.25, 0.3) is 16.9 Å². The number of hydrogen-bond acceptors (Lipinski definition) is 5. The Morgan fingerprint density at radius 3 is 2.37 bits per heavy atom. The van der Waals surface area contributed by atoms with Gasteiger partial charge in [-0.05, 0) is 61.5 Å². The zero-order chi connectivity index (χ0) is 21.5. The van der Waals surface area contributed by atoms with E-state index in [9.17, 15) is 4.79 Å². The third-order valence-electron chi connectivity index (χ3n) is 4.85. The predicted octanol–water partition coefficient (Wildman–Crippen LogP) is 2.91. The average molecular weight is 409 g/mol. The summed E-state index contributed by atoms with van der Waals surface area (Å²) in [6, 6.07) is 17.4. The van der Waals surface area contributed by atoms with Crippen molar-refractivity contribution in [2.75, 3.05) is 33.9 Å². The molecule has 0 aliphatic rings. The minimum Gasteiger partial charge on any atom is -0.497 e. The predicted molar refractivity (Wildman–Crippen MR) is 117 cm³/mol. The van der Waals surface area contributed by atoms with E-state index in [-0.39, 0.29) is 12.3 Å². The summed E-state index contributed by atoms with van der Waals surface area (Å²) < 4.78 is 12.7. The van der Waals surface area contributed by atoms with Crippen LogP contribution in [0.1, 0.15) is 12.6 Å². The molecule has 0 aliphatic carbocycles. The third kappa shape index (κ3) is 4.99. The van der Waals surface area contributed by atoms with E-state index in [2.05, 4.69) is 0 Å².